The number of rotatable bonds is 6. The molecule has 1 N–H and O–H groups in total. The number of hydrogen-bond donors (Lipinski definition) is 1. The van der Waals surface area contributed by atoms with Crippen molar-refractivity contribution in [2.24, 2.45) is 0 Å². The topological polar surface area (TPSA) is 76.5 Å². The third-order valence-corrected chi connectivity index (χ3v) is 5.65. The van der Waals surface area contributed by atoms with Gasteiger partial charge in [-0.3, -0.25) is 19.1 Å². The van der Waals surface area contributed by atoms with Crippen LogP contribution in [0.2, 0.25) is 0 Å². The molecule has 4 rings (SSSR count). The Bertz CT molecular complexity index is 1170. The van der Waals surface area contributed by atoms with Gasteiger partial charge in [-0.15, -0.1) is 0 Å². The minimum atomic E-state index is -4.41. The van der Waals surface area contributed by atoms with E-state index in [0.29, 0.717) is 42.8 Å². The van der Waals surface area contributed by atoms with E-state index in [-0.39, 0.29) is 30.6 Å². The van der Waals surface area contributed by atoms with Crippen molar-refractivity contribution in [3.05, 3.63) is 76.3 Å². The Kier molecular flexibility index (Phi) is 6.75. The van der Waals surface area contributed by atoms with E-state index >= 15 is 0 Å². The van der Waals surface area contributed by atoms with Gasteiger partial charge in [-0.2, -0.15) is 13.2 Å². The maximum absolute atomic E-state index is 12.9. The lowest BCUT2D eigenvalue weighted by Crippen LogP contribution is -2.44. The summed E-state index contributed by atoms with van der Waals surface area (Å²) in [5, 5.41) is 3.24. The Hall–Kier alpha value is -3.24. The molecule has 0 aliphatic carbocycles. The minimum Gasteiger partial charge on any atom is -0.379 e. The van der Waals surface area contributed by atoms with Crippen LogP contribution in [0.3, 0.4) is 0 Å². The molecular formula is C23H23F3N4O3. The molecule has 33 heavy (non-hydrogen) atoms. The van der Waals surface area contributed by atoms with E-state index in [1.807, 2.05) is 0 Å². The average molecular weight is 460 g/mol. The lowest BCUT2D eigenvalue weighted by Gasteiger charge is -2.35. The summed E-state index contributed by atoms with van der Waals surface area (Å²) in [6.07, 6.45) is -3.08. The van der Waals surface area contributed by atoms with Crippen molar-refractivity contribution in [3.63, 3.8) is 0 Å². The number of alkyl halides is 3. The monoisotopic (exact) mass is 460 g/mol. The minimum absolute atomic E-state index is 0.181. The number of amides is 1. The van der Waals surface area contributed by atoms with Crippen LogP contribution in [0.25, 0.3) is 10.9 Å². The zero-order valence-electron chi connectivity index (χ0n) is 17.7. The zero-order valence-corrected chi connectivity index (χ0v) is 17.7. The summed E-state index contributed by atoms with van der Waals surface area (Å²) in [5.74, 6) is -0.389. The molecule has 1 aliphatic heterocycles. The molecule has 7 nitrogen and oxygen atoms in total. The van der Waals surface area contributed by atoms with Crippen molar-refractivity contribution < 1.29 is 22.7 Å². The van der Waals surface area contributed by atoms with Crippen molar-refractivity contribution in [3.8, 4) is 0 Å². The van der Waals surface area contributed by atoms with Crippen molar-refractivity contribution in [2.75, 3.05) is 32.8 Å². The Balaban J connectivity index is 1.48. The van der Waals surface area contributed by atoms with E-state index in [9.17, 15) is 22.8 Å². The maximum Gasteiger partial charge on any atom is 0.416 e. The highest BCUT2D eigenvalue weighted by atomic mass is 19.4. The van der Waals surface area contributed by atoms with Crippen molar-refractivity contribution in [2.45, 2.75) is 18.8 Å². The molecule has 3 aromatic rings. The lowest BCUT2D eigenvalue weighted by atomic mass is 10.0. The van der Waals surface area contributed by atoms with E-state index in [1.165, 1.54) is 23.0 Å². The third-order valence-electron chi connectivity index (χ3n) is 5.65. The predicted molar refractivity (Wildman–Crippen MR) is 116 cm³/mol. The predicted octanol–water partition coefficient (Wildman–Crippen LogP) is 2.61. The van der Waals surface area contributed by atoms with Crippen LogP contribution in [0.4, 0.5) is 13.2 Å². The summed E-state index contributed by atoms with van der Waals surface area (Å²) < 4.78 is 45.5. The summed E-state index contributed by atoms with van der Waals surface area (Å²) >= 11 is 0. The standard InChI is InChI=1S/C23H23F3N4O3/c24-23(25,26)17-7-5-16(6-8-17)20(29-9-11-33-12-10-29)13-27-21(31)14-30-15-28-19-4-2-1-3-18(19)22(30)32/h1-8,15,20H,9-14H2,(H,27,31). The number of hydrogen-bond acceptors (Lipinski definition) is 5. The normalized spacial score (nSPS) is 16.0. The molecule has 0 bridgehead atoms. The van der Waals surface area contributed by atoms with Gasteiger partial charge in [0.1, 0.15) is 6.54 Å². The maximum atomic E-state index is 12.9. The van der Waals surface area contributed by atoms with Gasteiger partial charge in [0.2, 0.25) is 5.91 Å². The van der Waals surface area contributed by atoms with Gasteiger partial charge in [0, 0.05) is 19.6 Å². The number of para-hydroxylation sites is 1. The molecule has 1 fully saturated rings. The third kappa shape index (κ3) is 5.40. The number of ether oxygens (including phenoxy) is 1. The van der Waals surface area contributed by atoms with E-state index in [1.54, 1.807) is 24.3 Å². The number of nitrogens with zero attached hydrogens (tertiary/aromatic N) is 3. The fourth-order valence-electron chi connectivity index (χ4n) is 3.88. The molecule has 1 atom stereocenters. The number of aromatic nitrogens is 2. The molecule has 2 aromatic carbocycles. The smallest absolute Gasteiger partial charge is 0.379 e. The van der Waals surface area contributed by atoms with Crippen LogP contribution >= 0.6 is 0 Å². The number of carbonyl (C=O) groups is 1. The van der Waals surface area contributed by atoms with Crippen LogP contribution in [-0.4, -0.2) is 53.2 Å². The number of nitrogens with one attached hydrogen (secondary N) is 1. The molecule has 2 heterocycles. The molecular weight excluding hydrogens is 437 g/mol. The van der Waals surface area contributed by atoms with Crippen molar-refractivity contribution in [1.29, 1.82) is 0 Å². The molecule has 0 spiro atoms. The highest BCUT2D eigenvalue weighted by Gasteiger charge is 2.31. The zero-order chi connectivity index (χ0) is 23.4. The second-order valence-electron chi connectivity index (χ2n) is 7.78. The fraction of sp³-hybridized carbons (Fsp3) is 0.348. The van der Waals surface area contributed by atoms with Crippen LogP contribution in [-0.2, 0) is 22.3 Å². The highest BCUT2D eigenvalue weighted by Crippen LogP contribution is 2.31. The molecule has 174 valence electrons. The second-order valence-corrected chi connectivity index (χ2v) is 7.78. The molecule has 1 aromatic heterocycles. The first-order chi connectivity index (χ1) is 15.8. The van der Waals surface area contributed by atoms with Crippen LogP contribution < -0.4 is 10.9 Å². The second kappa shape index (κ2) is 9.72. The molecule has 0 radical (unpaired) electrons. The van der Waals surface area contributed by atoms with E-state index in [4.69, 9.17) is 4.74 Å². The van der Waals surface area contributed by atoms with Crippen LogP contribution in [0.15, 0.2) is 59.7 Å². The Labute approximate surface area is 187 Å². The highest BCUT2D eigenvalue weighted by molar-refractivity contribution is 5.78. The summed E-state index contributed by atoms with van der Waals surface area (Å²) in [5.41, 5.74) is 0.172. The first kappa shape index (κ1) is 22.9. The van der Waals surface area contributed by atoms with Gasteiger partial charge in [-0.1, -0.05) is 24.3 Å². The van der Waals surface area contributed by atoms with Gasteiger partial charge < -0.3 is 10.1 Å². The number of carbonyl (C=O) groups excluding carboxylic acids is 1. The van der Waals surface area contributed by atoms with Crippen LogP contribution in [0, 0.1) is 0 Å². The number of morpholine rings is 1. The summed E-state index contributed by atoms with van der Waals surface area (Å²) in [6, 6.07) is 11.5. The average Bonchev–Trinajstić information content (AvgIpc) is 2.82. The van der Waals surface area contributed by atoms with Gasteiger partial charge in [0.05, 0.1) is 42.0 Å². The molecule has 1 unspecified atom stereocenters. The van der Waals surface area contributed by atoms with Gasteiger partial charge in [0.25, 0.3) is 5.56 Å². The molecule has 10 heteroatoms. The Morgan fingerprint density at radius 3 is 2.48 bits per heavy atom. The lowest BCUT2D eigenvalue weighted by molar-refractivity contribution is -0.137. The van der Waals surface area contributed by atoms with E-state index < -0.39 is 11.7 Å². The SMILES string of the molecule is O=C(Cn1cnc2ccccc2c1=O)NCC(c1ccc(C(F)(F)F)cc1)N1CCOCC1. The Morgan fingerprint density at radius 2 is 1.79 bits per heavy atom. The van der Waals surface area contributed by atoms with E-state index in [0.717, 1.165) is 12.1 Å². The van der Waals surface area contributed by atoms with Crippen LogP contribution in [0.1, 0.15) is 17.2 Å². The van der Waals surface area contributed by atoms with Crippen molar-refractivity contribution >= 4 is 16.8 Å². The quantitative estimate of drug-likeness (QED) is 0.612. The van der Waals surface area contributed by atoms with Gasteiger partial charge in [-0.25, -0.2) is 4.98 Å². The van der Waals surface area contributed by atoms with Crippen molar-refractivity contribution in [1.82, 2.24) is 19.8 Å². The summed E-state index contributed by atoms with van der Waals surface area (Å²) in [7, 11) is 0. The largest absolute Gasteiger partial charge is 0.416 e. The molecule has 1 amide bonds. The molecule has 1 aliphatic rings. The number of halogens is 3. The molecule has 1 saturated heterocycles. The van der Waals surface area contributed by atoms with E-state index in [2.05, 4.69) is 15.2 Å². The van der Waals surface area contributed by atoms with Gasteiger partial charge in [-0.05, 0) is 29.8 Å². The first-order valence-electron chi connectivity index (χ1n) is 10.5. The fourth-order valence-corrected chi connectivity index (χ4v) is 3.88. The van der Waals surface area contributed by atoms with Crippen LogP contribution in [0.5, 0.6) is 0 Å². The summed E-state index contributed by atoms with van der Waals surface area (Å²) in [6.45, 7) is 2.16. The molecule has 0 saturated carbocycles. The number of fused-ring (bicyclic) bond motifs is 1. The van der Waals surface area contributed by atoms with Gasteiger partial charge >= 0.3 is 6.18 Å². The summed E-state index contributed by atoms with van der Waals surface area (Å²) in [4.78, 5) is 31.5. The first-order valence-corrected chi connectivity index (χ1v) is 10.5. The number of benzene rings is 2. The Morgan fingerprint density at radius 1 is 1.09 bits per heavy atom. The van der Waals surface area contributed by atoms with Gasteiger partial charge in [0.15, 0.2) is 0 Å².